The summed E-state index contributed by atoms with van der Waals surface area (Å²) in [5, 5.41) is 9.69. The van der Waals surface area contributed by atoms with Crippen molar-refractivity contribution in [1.29, 1.82) is 0 Å². The predicted molar refractivity (Wildman–Crippen MR) is 162 cm³/mol. The van der Waals surface area contributed by atoms with Crippen LogP contribution in [0.5, 0.6) is 5.75 Å². The van der Waals surface area contributed by atoms with Gasteiger partial charge < -0.3 is 14.4 Å². The van der Waals surface area contributed by atoms with Crippen LogP contribution in [0.4, 0.5) is 0 Å². The van der Waals surface area contributed by atoms with Gasteiger partial charge in [-0.05, 0) is 83.1 Å². The van der Waals surface area contributed by atoms with E-state index < -0.39 is 12.1 Å². The van der Waals surface area contributed by atoms with Gasteiger partial charge in [-0.3, -0.25) is 0 Å². The Hall–Kier alpha value is -4.57. The summed E-state index contributed by atoms with van der Waals surface area (Å²) in [6.07, 6.45) is 1.64. The summed E-state index contributed by atoms with van der Waals surface area (Å²) in [7, 11) is 0. The van der Waals surface area contributed by atoms with Gasteiger partial charge in [0.25, 0.3) is 0 Å². The minimum atomic E-state index is -0.975. The molecule has 0 radical (unpaired) electrons. The highest BCUT2D eigenvalue weighted by atomic mass is 16.5. The predicted octanol–water partition coefficient (Wildman–Crippen LogP) is 8.21. The molecule has 40 heavy (non-hydrogen) atoms. The summed E-state index contributed by atoms with van der Waals surface area (Å²) in [6.45, 7) is 5.09. The number of hydrogen-bond acceptors (Lipinski definition) is 2. The second kappa shape index (κ2) is 12.5. The molecule has 1 heterocycles. The standard InChI is InChI=1S/C36H35NO3/c1-3-7-27-11-15-30(16-12-27)31-17-13-29(14-18-31)25-37-26(2)10-23-34(37)32-19-21-33(22-20-32)40-35(36(38)39)24-28-8-5-4-6-9-28/h4-6,8-23,35H,3,7,24-25H2,1-2H3,(H,38,39)/t35-/m1/s1. The number of carboxylic acid groups (broad SMARTS) is 1. The first kappa shape index (κ1) is 27.0. The van der Waals surface area contributed by atoms with Crippen LogP contribution in [0.3, 0.4) is 0 Å². The second-order valence-corrected chi connectivity index (χ2v) is 10.2. The van der Waals surface area contributed by atoms with Gasteiger partial charge >= 0.3 is 5.97 Å². The molecule has 0 saturated carbocycles. The minimum Gasteiger partial charge on any atom is -0.478 e. The highest BCUT2D eigenvalue weighted by Gasteiger charge is 2.20. The van der Waals surface area contributed by atoms with E-state index in [1.54, 1.807) is 0 Å². The normalized spacial score (nSPS) is 11.8. The maximum atomic E-state index is 11.8. The molecular formula is C36H35NO3. The number of benzene rings is 4. The first-order valence-corrected chi connectivity index (χ1v) is 13.9. The maximum Gasteiger partial charge on any atom is 0.345 e. The van der Waals surface area contributed by atoms with Crippen LogP contribution in [0.1, 0.15) is 35.7 Å². The number of carboxylic acids is 1. The van der Waals surface area contributed by atoms with Gasteiger partial charge in [-0.15, -0.1) is 0 Å². The average Bonchev–Trinajstić information content (AvgIpc) is 3.34. The highest BCUT2D eigenvalue weighted by molar-refractivity contribution is 5.73. The molecule has 0 aliphatic carbocycles. The van der Waals surface area contributed by atoms with Crippen molar-refractivity contribution in [2.75, 3.05) is 0 Å². The summed E-state index contributed by atoms with van der Waals surface area (Å²) in [4.78, 5) is 11.8. The van der Waals surface area contributed by atoms with Gasteiger partial charge in [0, 0.05) is 24.4 Å². The molecule has 0 bridgehead atoms. The third-order valence-corrected chi connectivity index (χ3v) is 7.29. The lowest BCUT2D eigenvalue weighted by Crippen LogP contribution is -2.29. The van der Waals surface area contributed by atoms with Gasteiger partial charge in [0.2, 0.25) is 0 Å². The summed E-state index contributed by atoms with van der Waals surface area (Å²) in [6, 6.07) is 39.2. The van der Waals surface area contributed by atoms with Gasteiger partial charge in [0.05, 0.1) is 0 Å². The molecule has 0 aliphatic heterocycles. The second-order valence-electron chi connectivity index (χ2n) is 10.2. The summed E-state index contributed by atoms with van der Waals surface area (Å²) in [5.41, 5.74) is 9.35. The Morgan fingerprint density at radius 2 is 1.32 bits per heavy atom. The van der Waals surface area contributed by atoms with Crippen molar-refractivity contribution in [2.24, 2.45) is 0 Å². The van der Waals surface area contributed by atoms with Crippen LogP contribution in [0.2, 0.25) is 0 Å². The van der Waals surface area contributed by atoms with E-state index in [2.05, 4.69) is 79.1 Å². The van der Waals surface area contributed by atoms with Gasteiger partial charge in [0.15, 0.2) is 6.10 Å². The molecular weight excluding hydrogens is 494 g/mol. The fraction of sp³-hybridized carbons (Fsp3) is 0.194. The number of carbonyl (C=O) groups is 1. The van der Waals surface area contributed by atoms with Gasteiger partial charge in [-0.1, -0.05) is 92.2 Å². The van der Waals surface area contributed by atoms with Crippen LogP contribution in [0.25, 0.3) is 22.4 Å². The topological polar surface area (TPSA) is 51.5 Å². The monoisotopic (exact) mass is 529 g/mol. The lowest BCUT2D eigenvalue weighted by atomic mass is 10.0. The van der Waals surface area contributed by atoms with E-state index in [-0.39, 0.29) is 0 Å². The van der Waals surface area contributed by atoms with E-state index in [1.165, 1.54) is 27.9 Å². The Morgan fingerprint density at radius 3 is 1.93 bits per heavy atom. The fourth-order valence-corrected chi connectivity index (χ4v) is 5.05. The summed E-state index contributed by atoms with van der Waals surface area (Å²) >= 11 is 0. The molecule has 5 rings (SSSR count). The Morgan fingerprint density at radius 1 is 0.725 bits per heavy atom. The number of aryl methyl sites for hydroxylation is 2. The highest BCUT2D eigenvalue weighted by Crippen LogP contribution is 2.27. The third kappa shape index (κ3) is 6.52. The Kier molecular flexibility index (Phi) is 8.46. The Labute approximate surface area is 236 Å². The largest absolute Gasteiger partial charge is 0.478 e. The number of ether oxygens (including phenoxy) is 1. The molecule has 4 nitrogen and oxygen atoms in total. The molecule has 4 aromatic carbocycles. The van der Waals surface area contributed by atoms with Crippen LogP contribution in [-0.4, -0.2) is 21.7 Å². The van der Waals surface area contributed by atoms with E-state index in [4.69, 9.17) is 4.74 Å². The Balaban J connectivity index is 1.28. The van der Waals surface area contributed by atoms with E-state index in [0.29, 0.717) is 12.2 Å². The van der Waals surface area contributed by atoms with Gasteiger partial charge in [-0.25, -0.2) is 4.79 Å². The van der Waals surface area contributed by atoms with Crippen molar-refractivity contribution in [3.8, 4) is 28.1 Å². The number of hydrogen-bond donors (Lipinski definition) is 1. The molecule has 5 aromatic rings. The van der Waals surface area contributed by atoms with Crippen LogP contribution in [0, 0.1) is 6.92 Å². The molecule has 0 saturated heterocycles. The number of rotatable bonds is 11. The molecule has 0 unspecified atom stereocenters. The van der Waals surface area contributed by atoms with Crippen molar-refractivity contribution in [3.05, 3.63) is 138 Å². The molecule has 0 spiro atoms. The zero-order valence-corrected chi connectivity index (χ0v) is 23.1. The fourth-order valence-electron chi connectivity index (χ4n) is 5.05. The van der Waals surface area contributed by atoms with Gasteiger partial charge in [-0.2, -0.15) is 0 Å². The first-order valence-electron chi connectivity index (χ1n) is 13.9. The van der Waals surface area contributed by atoms with Gasteiger partial charge in [0.1, 0.15) is 5.75 Å². The summed E-state index contributed by atoms with van der Waals surface area (Å²) in [5.74, 6) is -0.433. The number of nitrogens with zero attached hydrogens (tertiary/aromatic N) is 1. The third-order valence-electron chi connectivity index (χ3n) is 7.29. The summed E-state index contributed by atoms with van der Waals surface area (Å²) < 4.78 is 8.17. The lowest BCUT2D eigenvalue weighted by molar-refractivity contribution is -0.145. The van der Waals surface area contributed by atoms with Crippen LogP contribution >= 0.6 is 0 Å². The van der Waals surface area contributed by atoms with Crippen molar-refractivity contribution >= 4 is 5.97 Å². The maximum absolute atomic E-state index is 11.8. The van der Waals surface area contributed by atoms with E-state index >= 15 is 0 Å². The molecule has 0 amide bonds. The molecule has 0 fully saturated rings. The average molecular weight is 530 g/mol. The molecule has 4 heteroatoms. The smallest absolute Gasteiger partial charge is 0.345 e. The zero-order chi connectivity index (χ0) is 27.9. The zero-order valence-electron chi connectivity index (χ0n) is 23.1. The number of aromatic nitrogens is 1. The molecule has 202 valence electrons. The van der Waals surface area contributed by atoms with Crippen LogP contribution in [0.15, 0.2) is 115 Å². The van der Waals surface area contributed by atoms with Crippen molar-refractivity contribution < 1.29 is 14.6 Å². The minimum absolute atomic E-state index is 0.308. The molecule has 0 aliphatic rings. The van der Waals surface area contributed by atoms with E-state index in [0.717, 1.165) is 36.2 Å². The van der Waals surface area contributed by atoms with E-state index in [1.807, 2.05) is 54.6 Å². The van der Waals surface area contributed by atoms with Crippen molar-refractivity contribution in [2.45, 2.75) is 45.8 Å². The molecule has 1 aromatic heterocycles. The van der Waals surface area contributed by atoms with E-state index in [9.17, 15) is 9.90 Å². The SMILES string of the molecule is CCCc1ccc(-c2ccc(Cn3c(C)ccc3-c3ccc(O[C@H](Cc4ccccc4)C(=O)O)cc3)cc2)cc1. The van der Waals surface area contributed by atoms with Crippen LogP contribution < -0.4 is 4.74 Å². The molecule has 1 atom stereocenters. The lowest BCUT2D eigenvalue weighted by Gasteiger charge is -2.16. The Bertz CT molecular complexity index is 1530. The van der Waals surface area contributed by atoms with Crippen LogP contribution in [-0.2, 0) is 24.2 Å². The molecule has 1 N–H and O–H groups in total. The van der Waals surface area contributed by atoms with Crippen molar-refractivity contribution in [1.82, 2.24) is 4.57 Å². The quantitative estimate of drug-likeness (QED) is 0.188. The number of aliphatic carboxylic acids is 1. The first-order chi connectivity index (χ1) is 19.5. The van der Waals surface area contributed by atoms with Crippen molar-refractivity contribution in [3.63, 3.8) is 0 Å².